The third kappa shape index (κ3) is 5.90. The van der Waals surface area contributed by atoms with Crippen LogP contribution in [-0.2, 0) is 9.53 Å². The highest BCUT2D eigenvalue weighted by molar-refractivity contribution is 7.15. The molecule has 7 heteroatoms. The molecule has 32 heavy (non-hydrogen) atoms. The molecule has 0 saturated carbocycles. The summed E-state index contributed by atoms with van der Waals surface area (Å²) in [5.41, 5.74) is 3.95. The fraction of sp³-hybridized carbons (Fsp3) is 0.280. The van der Waals surface area contributed by atoms with Gasteiger partial charge in [0.1, 0.15) is 16.3 Å². The van der Waals surface area contributed by atoms with Gasteiger partial charge in [-0.3, -0.25) is 4.79 Å². The monoisotopic (exact) mass is 471 g/mol. The molecular formula is C25H26ClNO4S. The number of amides is 1. The van der Waals surface area contributed by atoms with E-state index >= 15 is 0 Å². The molecule has 0 unspecified atom stereocenters. The van der Waals surface area contributed by atoms with E-state index in [1.807, 2.05) is 61.7 Å². The second kappa shape index (κ2) is 11.2. The van der Waals surface area contributed by atoms with E-state index in [1.54, 1.807) is 6.92 Å². The summed E-state index contributed by atoms with van der Waals surface area (Å²) in [5.74, 6) is 0.115. The van der Waals surface area contributed by atoms with Gasteiger partial charge in [-0.25, -0.2) is 4.79 Å². The van der Waals surface area contributed by atoms with Crippen LogP contribution >= 0.6 is 22.9 Å². The molecule has 168 valence electrons. The molecule has 3 aromatic rings. The van der Waals surface area contributed by atoms with Gasteiger partial charge in [0.2, 0.25) is 5.91 Å². The summed E-state index contributed by atoms with van der Waals surface area (Å²) >= 11 is 7.50. The molecule has 1 N–H and O–H groups in total. The van der Waals surface area contributed by atoms with E-state index in [0.717, 1.165) is 33.0 Å². The molecule has 1 amide bonds. The van der Waals surface area contributed by atoms with Gasteiger partial charge in [-0.2, -0.15) is 0 Å². The second-order valence-electron chi connectivity index (χ2n) is 7.31. The Balaban J connectivity index is 1.62. The molecule has 0 radical (unpaired) electrons. The summed E-state index contributed by atoms with van der Waals surface area (Å²) in [6, 6.07) is 13.3. The molecule has 0 spiro atoms. The molecule has 0 atom stereocenters. The van der Waals surface area contributed by atoms with Crippen LogP contribution in [0.5, 0.6) is 5.75 Å². The van der Waals surface area contributed by atoms with Gasteiger partial charge < -0.3 is 14.8 Å². The summed E-state index contributed by atoms with van der Waals surface area (Å²) in [7, 11) is 0. The van der Waals surface area contributed by atoms with Crippen LogP contribution in [0.4, 0.5) is 5.00 Å². The summed E-state index contributed by atoms with van der Waals surface area (Å²) in [4.78, 5) is 25.1. The lowest BCUT2D eigenvalue weighted by Crippen LogP contribution is -2.15. The van der Waals surface area contributed by atoms with E-state index < -0.39 is 5.97 Å². The molecule has 5 nitrogen and oxygen atoms in total. The SMILES string of the molecule is CCOC(=O)c1c(-c2ccccc2)csc1NC(=O)CCCOc1cc(C)c(Cl)c(C)c1. The highest BCUT2D eigenvalue weighted by atomic mass is 35.5. The third-order valence-electron chi connectivity index (χ3n) is 4.84. The molecule has 2 aromatic carbocycles. The minimum Gasteiger partial charge on any atom is -0.494 e. The normalized spacial score (nSPS) is 10.6. The molecule has 3 rings (SSSR count). The average Bonchev–Trinajstić information content (AvgIpc) is 3.19. The largest absolute Gasteiger partial charge is 0.494 e. The maximum Gasteiger partial charge on any atom is 0.341 e. The van der Waals surface area contributed by atoms with Crippen LogP contribution in [0.15, 0.2) is 47.8 Å². The Kier molecular flexibility index (Phi) is 8.31. The van der Waals surface area contributed by atoms with Crippen LogP contribution in [0.25, 0.3) is 11.1 Å². The van der Waals surface area contributed by atoms with Gasteiger partial charge in [0.15, 0.2) is 0 Å². The number of ether oxygens (including phenoxy) is 2. The Morgan fingerprint density at radius 3 is 2.44 bits per heavy atom. The number of aryl methyl sites for hydroxylation is 2. The number of hydrogen-bond acceptors (Lipinski definition) is 5. The summed E-state index contributed by atoms with van der Waals surface area (Å²) in [6.07, 6.45) is 0.810. The van der Waals surface area contributed by atoms with E-state index in [1.165, 1.54) is 11.3 Å². The van der Waals surface area contributed by atoms with Crippen molar-refractivity contribution < 1.29 is 19.1 Å². The predicted molar refractivity (Wildman–Crippen MR) is 130 cm³/mol. The first-order valence-corrected chi connectivity index (χ1v) is 11.7. The van der Waals surface area contributed by atoms with Gasteiger partial charge in [-0.1, -0.05) is 41.9 Å². The quantitative estimate of drug-likeness (QED) is 0.280. The lowest BCUT2D eigenvalue weighted by molar-refractivity contribution is -0.116. The van der Waals surface area contributed by atoms with Crippen LogP contribution in [0.2, 0.25) is 5.02 Å². The first-order valence-electron chi connectivity index (χ1n) is 10.4. The van der Waals surface area contributed by atoms with Crippen LogP contribution in [-0.4, -0.2) is 25.1 Å². The number of esters is 1. The number of thiophene rings is 1. The van der Waals surface area contributed by atoms with E-state index in [-0.39, 0.29) is 18.9 Å². The highest BCUT2D eigenvalue weighted by Gasteiger charge is 2.22. The topological polar surface area (TPSA) is 64.6 Å². The van der Waals surface area contributed by atoms with Crippen LogP contribution < -0.4 is 10.1 Å². The summed E-state index contributed by atoms with van der Waals surface area (Å²) in [5, 5.41) is 5.97. The van der Waals surface area contributed by atoms with E-state index in [4.69, 9.17) is 21.1 Å². The Morgan fingerprint density at radius 2 is 1.78 bits per heavy atom. The molecular weight excluding hydrogens is 446 g/mol. The Morgan fingerprint density at radius 1 is 1.09 bits per heavy atom. The van der Waals surface area contributed by atoms with Gasteiger partial charge in [-0.05, 0) is 56.0 Å². The molecule has 1 heterocycles. The van der Waals surface area contributed by atoms with Crippen LogP contribution in [0, 0.1) is 13.8 Å². The standard InChI is InChI=1S/C25H26ClNO4S/c1-4-30-25(29)22-20(18-9-6-5-7-10-18)15-32-24(22)27-21(28)11-8-12-31-19-13-16(2)23(26)17(3)14-19/h5-7,9-10,13-15H,4,8,11-12H2,1-3H3,(H,27,28). The lowest BCUT2D eigenvalue weighted by Gasteiger charge is -2.11. The number of carbonyl (C=O) groups excluding carboxylic acids is 2. The fourth-order valence-corrected chi connectivity index (χ4v) is 4.37. The highest BCUT2D eigenvalue weighted by Crippen LogP contribution is 2.36. The second-order valence-corrected chi connectivity index (χ2v) is 8.57. The van der Waals surface area contributed by atoms with Crippen molar-refractivity contribution in [1.29, 1.82) is 0 Å². The first kappa shape index (κ1) is 23.8. The Hall–Kier alpha value is -2.83. The van der Waals surface area contributed by atoms with Crippen molar-refractivity contribution in [2.45, 2.75) is 33.6 Å². The zero-order chi connectivity index (χ0) is 23.1. The van der Waals surface area contributed by atoms with Gasteiger partial charge in [0, 0.05) is 22.4 Å². The molecule has 1 aromatic heterocycles. The van der Waals surface area contributed by atoms with E-state index in [0.29, 0.717) is 23.6 Å². The number of halogens is 1. The van der Waals surface area contributed by atoms with Gasteiger partial charge in [0.25, 0.3) is 0 Å². The molecule has 0 aliphatic heterocycles. The van der Waals surface area contributed by atoms with Gasteiger partial charge >= 0.3 is 5.97 Å². The number of benzene rings is 2. The minimum atomic E-state index is -0.445. The summed E-state index contributed by atoms with van der Waals surface area (Å²) in [6.45, 7) is 6.28. The van der Waals surface area contributed by atoms with Gasteiger partial charge in [-0.15, -0.1) is 11.3 Å². The number of hydrogen-bond donors (Lipinski definition) is 1. The molecule has 0 fully saturated rings. The van der Waals surface area contributed by atoms with Crippen molar-refractivity contribution in [2.75, 3.05) is 18.5 Å². The fourth-order valence-electron chi connectivity index (χ4n) is 3.29. The maximum absolute atomic E-state index is 12.6. The zero-order valence-corrected chi connectivity index (χ0v) is 19.9. The van der Waals surface area contributed by atoms with Crippen molar-refractivity contribution in [3.63, 3.8) is 0 Å². The predicted octanol–water partition coefficient (Wildman–Crippen LogP) is 6.66. The van der Waals surface area contributed by atoms with Crippen LogP contribution in [0.3, 0.4) is 0 Å². The third-order valence-corrected chi connectivity index (χ3v) is 6.33. The molecule has 0 bridgehead atoms. The molecule has 0 saturated heterocycles. The van der Waals surface area contributed by atoms with Crippen LogP contribution in [0.1, 0.15) is 41.3 Å². The van der Waals surface area contributed by atoms with Crippen molar-refractivity contribution >= 4 is 39.8 Å². The Bertz CT molecular complexity index is 1070. The van der Waals surface area contributed by atoms with E-state index in [9.17, 15) is 9.59 Å². The smallest absolute Gasteiger partial charge is 0.341 e. The zero-order valence-electron chi connectivity index (χ0n) is 18.4. The number of anilines is 1. The maximum atomic E-state index is 12.6. The number of carbonyl (C=O) groups is 2. The molecule has 0 aliphatic carbocycles. The first-order chi connectivity index (χ1) is 15.4. The number of rotatable bonds is 9. The molecule has 0 aliphatic rings. The minimum absolute atomic E-state index is 0.177. The average molecular weight is 472 g/mol. The van der Waals surface area contributed by atoms with Crippen molar-refractivity contribution in [2.24, 2.45) is 0 Å². The van der Waals surface area contributed by atoms with Crippen molar-refractivity contribution in [3.8, 4) is 16.9 Å². The summed E-state index contributed by atoms with van der Waals surface area (Å²) < 4.78 is 11.0. The number of nitrogens with one attached hydrogen (secondary N) is 1. The van der Waals surface area contributed by atoms with Crippen molar-refractivity contribution in [3.05, 3.63) is 69.6 Å². The van der Waals surface area contributed by atoms with Gasteiger partial charge in [0.05, 0.1) is 13.2 Å². The van der Waals surface area contributed by atoms with Crippen molar-refractivity contribution in [1.82, 2.24) is 0 Å². The Labute approximate surface area is 197 Å². The van der Waals surface area contributed by atoms with E-state index in [2.05, 4.69) is 5.32 Å². The lowest BCUT2D eigenvalue weighted by atomic mass is 10.0.